The molecule has 0 saturated heterocycles. The Morgan fingerprint density at radius 2 is 1.68 bits per heavy atom. The van der Waals surface area contributed by atoms with Gasteiger partial charge in [0.2, 0.25) is 5.91 Å². The number of hydrogen-bond donors (Lipinski definition) is 1. The lowest BCUT2D eigenvalue weighted by Gasteiger charge is -2.14. The van der Waals surface area contributed by atoms with Gasteiger partial charge in [-0.25, -0.2) is 0 Å². The summed E-state index contributed by atoms with van der Waals surface area (Å²) < 4.78 is 7.50. The van der Waals surface area contributed by atoms with E-state index < -0.39 is 0 Å². The number of nitrogens with zero attached hydrogens (tertiary/aromatic N) is 3. The van der Waals surface area contributed by atoms with Gasteiger partial charge in [-0.05, 0) is 30.7 Å². The summed E-state index contributed by atoms with van der Waals surface area (Å²) in [5, 5.41) is 12.4. The van der Waals surface area contributed by atoms with E-state index in [1.165, 1.54) is 11.8 Å². The van der Waals surface area contributed by atoms with Crippen LogP contribution in [0, 0.1) is 6.92 Å². The predicted octanol–water partition coefficient (Wildman–Crippen LogP) is 4.98. The lowest BCUT2D eigenvalue weighted by atomic mass is 10.2. The number of carbonyl (C=O) groups excluding carboxylic acids is 1. The van der Waals surface area contributed by atoms with Crippen LogP contribution in [0.4, 0.5) is 5.69 Å². The molecule has 0 saturated carbocycles. The van der Waals surface area contributed by atoms with Gasteiger partial charge in [-0.3, -0.25) is 9.36 Å². The van der Waals surface area contributed by atoms with Crippen molar-refractivity contribution in [3.63, 3.8) is 0 Å². The van der Waals surface area contributed by atoms with Gasteiger partial charge in [0.25, 0.3) is 0 Å². The molecule has 0 aliphatic carbocycles. The highest BCUT2D eigenvalue weighted by Gasteiger charge is 2.19. The number of methoxy groups -OCH3 is 1. The standard InChI is InChI=1S/C24H22N4O2S/c1-17-10-6-7-13-19(17)25-22(29)16-31-24-27-26-23(18-11-4-3-5-12-18)28(24)20-14-8-9-15-21(20)30-2/h3-15H,16H2,1-2H3,(H,25,29). The Morgan fingerprint density at radius 1 is 0.968 bits per heavy atom. The van der Waals surface area contributed by atoms with E-state index in [0.29, 0.717) is 16.7 Å². The van der Waals surface area contributed by atoms with Gasteiger partial charge in [-0.15, -0.1) is 10.2 Å². The molecule has 7 heteroatoms. The third-order valence-corrected chi connectivity index (χ3v) is 5.67. The molecule has 0 radical (unpaired) electrons. The number of para-hydroxylation sites is 3. The third-order valence-electron chi connectivity index (χ3n) is 4.74. The summed E-state index contributed by atoms with van der Waals surface area (Å²) in [6.45, 7) is 1.97. The van der Waals surface area contributed by atoms with Crippen molar-refractivity contribution in [2.75, 3.05) is 18.2 Å². The smallest absolute Gasteiger partial charge is 0.234 e. The van der Waals surface area contributed by atoms with Crippen molar-refractivity contribution < 1.29 is 9.53 Å². The van der Waals surface area contributed by atoms with Crippen LogP contribution in [0.15, 0.2) is 84.0 Å². The van der Waals surface area contributed by atoms with Gasteiger partial charge in [0, 0.05) is 11.3 Å². The summed E-state index contributed by atoms with van der Waals surface area (Å²) in [4.78, 5) is 12.6. The van der Waals surface area contributed by atoms with Crippen molar-refractivity contribution in [2.45, 2.75) is 12.1 Å². The van der Waals surface area contributed by atoms with Gasteiger partial charge < -0.3 is 10.1 Å². The number of carbonyl (C=O) groups is 1. The molecule has 4 rings (SSSR count). The van der Waals surface area contributed by atoms with Crippen molar-refractivity contribution in [1.29, 1.82) is 0 Å². The van der Waals surface area contributed by atoms with Crippen LogP contribution in [0.2, 0.25) is 0 Å². The Hall–Kier alpha value is -3.58. The van der Waals surface area contributed by atoms with E-state index in [9.17, 15) is 4.79 Å². The van der Waals surface area contributed by atoms with Crippen LogP contribution in [0.25, 0.3) is 17.1 Å². The van der Waals surface area contributed by atoms with Gasteiger partial charge in [-0.2, -0.15) is 0 Å². The number of aromatic nitrogens is 3. The fourth-order valence-corrected chi connectivity index (χ4v) is 3.94. The first-order valence-corrected chi connectivity index (χ1v) is 10.8. The molecule has 1 amide bonds. The Morgan fingerprint density at radius 3 is 2.45 bits per heavy atom. The van der Waals surface area contributed by atoms with Crippen molar-refractivity contribution in [3.8, 4) is 22.8 Å². The summed E-state index contributed by atoms with van der Waals surface area (Å²) in [5.74, 6) is 1.49. The quantitative estimate of drug-likeness (QED) is 0.419. The second kappa shape index (κ2) is 9.49. The molecule has 1 N–H and O–H groups in total. The maximum atomic E-state index is 12.6. The number of ether oxygens (including phenoxy) is 1. The molecular formula is C24H22N4O2S. The number of anilines is 1. The minimum absolute atomic E-state index is 0.102. The Labute approximate surface area is 185 Å². The van der Waals surface area contributed by atoms with E-state index in [1.807, 2.05) is 90.4 Å². The topological polar surface area (TPSA) is 69.0 Å². The molecule has 31 heavy (non-hydrogen) atoms. The van der Waals surface area contributed by atoms with E-state index in [1.54, 1.807) is 7.11 Å². The number of rotatable bonds is 7. The van der Waals surface area contributed by atoms with Crippen molar-refractivity contribution in [2.24, 2.45) is 0 Å². The van der Waals surface area contributed by atoms with Gasteiger partial charge in [0.1, 0.15) is 5.75 Å². The first-order valence-electron chi connectivity index (χ1n) is 9.80. The van der Waals surface area contributed by atoms with Gasteiger partial charge in [0.05, 0.1) is 18.6 Å². The Bertz CT molecular complexity index is 1190. The number of hydrogen-bond acceptors (Lipinski definition) is 5. The molecule has 0 fully saturated rings. The lowest BCUT2D eigenvalue weighted by molar-refractivity contribution is -0.113. The molecule has 4 aromatic rings. The molecule has 6 nitrogen and oxygen atoms in total. The van der Waals surface area contributed by atoms with Crippen LogP contribution in [0.5, 0.6) is 5.75 Å². The van der Waals surface area contributed by atoms with Crippen LogP contribution >= 0.6 is 11.8 Å². The monoisotopic (exact) mass is 430 g/mol. The molecule has 0 bridgehead atoms. The van der Waals surface area contributed by atoms with Gasteiger partial charge in [0.15, 0.2) is 11.0 Å². The fraction of sp³-hybridized carbons (Fsp3) is 0.125. The molecule has 3 aromatic carbocycles. The minimum atomic E-state index is -0.102. The Balaban J connectivity index is 1.64. The highest BCUT2D eigenvalue weighted by atomic mass is 32.2. The molecule has 0 atom stereocenters. The van der Waals surface area contributed by atoms with E-state index in [0.717, 1.165) is 22.5 Å². The average molecular weight is 431 g/mol. The SMILES string of the molecule is COc1ccccc1-n1c(SCC(=O)Nc2ccccc2C)nnc1-c1ccccc1. The van der Waals surface area contributed by atoms with Crippen molar-refractivity contribution in [3.05, 3.63) is 84.4 Å². The third kappa shape index (κ3) is 4.62. The van der Waals surface area contributed by atoms with Crippen LogP contribution in [-0.4, -0.2) is 33.5 Å². The highest BCUT2D eigenvalue weighted by Crippen LogP contribution is 2.32. The van der Waals surface area contributed by atoms with E-state index in [-0.39, 0.29) is 11.7 Å². The average Bonchev–Trinajstić information content (AvgIpc) is 3.23. The van der Waals surface area contributed by atoms with Gasteiger partial charge >= 0.3 is 0 Å². The number of thioether (sulfide) groups is 1. The van der Waals surface area contributed by atoms with Crippen LogP contribution in [0.3, 0.4) is 0 Å². The van der Waals surface area contributed by atoms with E-state index in [4.69, 9.17) is 4.74 Å². The zero-order valence-corrected chi connectivity index (χ0v) is 18.1. The normalized spacial score (nSPS) is 10.6. The molecule has 0 aliphatic rings. The summed E-state index contributed by atoms with van der Waals surface area (Å²) in [5.41, 5.74) is 3.57. The van der Waals surface area contributed by atoms with Crippen molar-refractivity contribution >= 4 is 23.4 Å². The molecule has 156 valence electrons. The summed E-state index contributed by atoms with van der Waals surface area (Å²) in [7, 11) is 1.63. The van der Waals surface area contributed by atoms with E-state index in [2.05, 4.69) is 15.5 Å². The molecule has 1 heterocycles. The molecular weight excluding hydrogens is 408 g/mol. The molecule has 1 aromatic heterocycles. The van der Waals surface area contributed by atoms with Gasteiger partial charge in [-0.1, -0.05) is 72.4 Å². The summed E-state index contributed by atoms with van der Waals surface area (Å²) in [6.07, 6.45) is 0. The first-order chi connectivity index (χ1) is 15.2. The Kier molecular flexibility index (Phi) is 6.33. The molecule has 0 spiro atoms. The minimum Gasteiger partial charge on any atom is -0.495 e. The second-order valence-electron chi connectivity index (χ2n) is 6.83. The number of benzene rings is 3. The number of amides is 1. The predicted molar refractivity (Wildman–Crippen MR) is 124 cm³/mol. The first kappa shape index (κ1) is 20.7. The zero-order chi connectivity index (χ0) is 21.6. The summed E-state index contributed by atoms with van der Waals surface area (Å²) in [6, 6.07) is 25.2. The van der Waals surface area contributed by atoms with Crippen LogP contribution in [-0.2, 0) is 4.79 Å². The maximum absolute atomic E-state index is 12.6. The van der Waals surface area contributed by atoms with Crippen LogP contribution in [0.1, 0.15) is 5.56 Å². The largest absolute Gasteiger partial charge is 0.495 e. The second-order valence-corrected chi connectivity index (χ2v) is 7.77. The lowest BCUT2D eigenvalue weighted by Crippen LogP contribution is -2.15. The maximum Gasteiger partial charge on any atom is 0.234 e. The van der Waals surface area contributed by atoms with E-state index >= 15 is 0 Å². The summed E-state index contributed by atoms with van der Waals surface area (Å²) >= 11 is 1.33. The molecule has 0 aliphatic heterocycles. The fourth-order valence-electron chi connectivity index (χ4n) is 3.20. The highest BCUT2D eigenvalue weighted by molar-refractivity contribution is 7.99. The number of nitrogens with one attached hydrogen (secondary N) is 1. The van der Waals surface area contributed by atoms with Crippen LogP contribution < -0.4 is 10.1 Å². The zero-order valence-electron chi connectivity index (χ0n) is 17.3. The molecule has 0 unspecified atom stereocenters. The number of aryl methyl sites for hydroxylation is 1. The van der Waals surface area contributed by atoms with Crippen molar-refractivity contribution in [1.82, 2.24) is 14.8 Å².